The van der Waals surface area contributed by atoms with Crippen LogP contribution >= 0.6 is 0 Å². The van der Waals surface area contributed by atoms with E-state index in [4.69, 9.17) is 4.74 Å². The first kappa shape index (κ1) is 25.3. The molecule has 1 aromatic carbocycles. The Hall–Kier alpha value is -0.980. The number of aryl methyl sites for hydroxylation is 1. The zero-order valence-electron chi connectivity index (χ0n) is 21.5. The van der Waals surface area contributed by atoms with Crippen LogP contribution in [-0.4, -0.2) is 5.60 Å². The van der Waals surface area contributed by atoms with E-state index in [1.165, 1.54) is 99.5 Å². The van der Waals surface area contributed by atoms with E-state index in [0.717, 1.165) is 0 Å². The highest BCUT2D eigenvalue weighted by Crippen LogP contribution is 2.46. The van der Waals surface area contributed by atoms with Crippen molar-refractivity contribution < 1.29 is 4.74 Å². The van der Waals surface area contributed by atoms with Crippen LogP contribution in [0.5, 0.6) is 5.75 Å². The number of ether oxygens (including phenoxy) is 1. The lowest BCUT2D eigenvalue weighted by Gasteiger charge is -2.42. The second kappa shape index (κ2) is 10.6. The second-order valence-corrected chi connectivity index (χ2v) is 11.9. The molecule has 1 aromatic rings. The molecule has 1 aliphatic rings. The van der Waals surface area contributed by atoms with Crippen LogP contribution in [0.15, 0.2) is 12.1 Å². The largest absolute Gasteiger partial charge is 0.487 e. The van der Waals surface area contributed by atoms with Crippen molar-refractivity contribution in [3.05, 3.63) is 28.8 Å². The van der Waals surface area contributed by atoms with Crippen LogP contribution in [0.3, 0.4) is 0 Å². The molecule has 0 saturated heterocycles. The van der Waals surface area contributed by atoms with Crippen molar-refractivity contribution in [3.63, 3.8) is 0 Å². The fourth-order valence-electron chi connectivity index (χ4n) is 4.84. The van der Waals surface area contributed by atoms with Crippen molar-refractivity contribution in [2.45, 2.75) is 149 Å². The molecule has 0 N–H and O–H groups in total. The summed E-state index contributed by atoms with van der Waals surface area (Å²) < 4.78 is 7.11. The van der Waals surface area contributed by atoms with E-state index in [-0.39, 0.29) is 16.4 Å². The second-order valence-electron chi connectivity index (χ2n) is 11.9. The van der Waals surface area contributed by atoms with Gasteiger partial charge in [0, 0.05) is 5.56 Å². The molecule has 0 unspecified atom stereocenters. The molecule has 0 aliphatic carbocycles. The van der Waals surface area contributed by atoms with Gasteiger partial charge in [0.05, 0.1) is 0 Å². The Kier molecular flexibility index (Phi) is 8.90. The fraction of sp³-hybridized carbons (Fsp3) is 0.793. The first-order valence-corrected chi connectivity index (χ1v) is 12.9. The summed E-state index contributed by atoms with van der Waals surface area (Å²) in [5.74, 6) is 1.23. The summed E-state index contributed by atoms with van der Waals surface area (Å²) >= 11 is 0. The molecular formula is C29H50O. The minimum Gasteiger partial charge on any atom is -0.487 e. The monoisotopic (exact) mass is 414 g/mol. The summed E-state index contributed by atoms with van der Waals surface area (Å²) in [7, 11) is 0. The first-order chi connectivity index (χ1) is 14.0. The Balaban J connectivity index is 2.36. The molecule has 0 aromatic heterocycles. The molecule has 1 heterocycles. The third-order valence-electron chi connectivity index (χ3n) is 6.98. The van der Waals surface area contributed by atoms with Crippen molar-refractivity contribution in [2.24, 2.45) is 0 Å². The van der Waals surface area contributed by atoms with Gasteiger partial charge in [-0.05, 0) is 60.5 Å². The topological polar surface area (TPSA) is 9.23 Å². The standard InChI is InChI=1S/C29H50O/c1-9-11-13-15-18-29(19-16-14-12-10-2)20-17-23-21-24(27(3,4)5)22-25(26(23)30-29)28(6,7)8/h21-22H,9-20H2,1-8H3. The quantitative estimate of drug-likeness (QED) is 0.346. The van der Waals surface area contributed by atoms with Crippen LogP contribution < -0.4 is 4.74 Å². The molecule has 2 rings (SSSR count). The van der Waals surface area contributed by atoms with Gasteiger partial charge in [-0.15, -0.1) is 0 Å². The SMILES string of the molecule is CCCCCCC1(CCCCCC)CCc2cc(C(C)(C)C)cc(C(C)(C)C)c2O1. The maximum absolute atomic E-state index is 7.11. The van der Waals surface area contributed by atoms with E-state index in [1.54, 1.807) is 0 Å². The Morgan fingerprint density at radius 1 is 0.767 bits per heavy atom. The number of fused-ring (bicyclic) bond motifs is 1. The Morgan fingerprint density at radius 3 is 1.80 bits per heavy atom. The first-order valence-electron chi connectivity index (χ1n) is 12.9. The zero-order chi connectivity index (χ0) is 22.4. The van der Waals surface area contributed by atoms with E-state index in [9.17, 15) is 0 Å². The van der Waals surface area contributed by atoms with Crippen molar-refractivity contribution in [1.82, 2.24) is 0 Å². The molecule has 30 heavy (non-hydrogen) atoms. The molecule has 1 aliphatic heterocycles. The van der Waals surface area contributed by atoms with Gasteiger partial charge in [0.15, 0.2) is 0 Å². The van der Waals surface area contributed by atoms with Crippen LogP contribution in [0.1, 0.15) is 143 Å². The molecule has 0 amide bonds. The fourth-order valence-corrected chi connectivity index (χ4v) is 4.84. The Labute approximate surface area is 188 Å². The van der Waals surface area contributed by atoms with E-state index in [0.29, 0.717) is 0 Å². The summed E-state index contributed by atoms with van der Waals surface area (Å²) in [5.41, 5.74) is 4.63. The average molecular weight is 415 g/mol. The van der Waals surface area contributed by atoms with Gasteiger partial charge in [-0.25, -0.2) is 0 Å². The van der Waals surface area contributed by atoms with E-state index < -0.39 is 0 Å². The molecule has 172 valence electrons. The lowest BCUT2D eigenvalue weighted by molar-refractivity contribution is 0.0221. The van der Waals surface area contributed by atoms with Gasteiger partial charge >= 0.3 is 0 Å². The minimum atomic E-state index is 0.0533. The number of benzene rings is 1. The predicted octanol–water partition coefficient (Wildman–Crippen LogP) is 9.29. The van der Waals surface area contributed by atoms with Gasteiger partial charge in [0.25, 0.3) is 0 Å². The van der Waals surface area contributed by atoms with E-state index in [1.807, 2.05) is 0 Å². The highest BCUT2D eigenvalue weighted by atomic mass is 16.5. The third kappa shape index (κ3) is 6.76. The smallest absolute Gasteiger partial charge is 0.127 e. The molecule has 0 saturated carbocycles. The minimum absolute atomic E-state index is 0.0533. The molecule has 0 bridgehead atoms. The summed E-state index contributed by atoms with van der Waals surface area (Å²) in [6.07, 6.45) is 15.4. The average Bonchev–Trinajstić information content (AvgIpc) is 2.66. The maximum atomic E-state index is 7.11. The summed E-state index contributed by atoms with van der Waals surface area (Å²) in [4.78, 5) is 0. The highest BCUT2D eigenvalue weighted by Gasteiger charge is 2.38. The van der Waals surface area contributed by atoms with Gasteiger partial charge in [0.1, 0.15) is 11.4 Å². The van der Waals surface area contributed by atoms with Crippen LogP contribution in [-0.2, 0) is 17.3 Å². The molecule has 0 spiro atoms. The molecular weight excluding hydrogens is 364 g/mol. The Morgan fingerprint density at radius 2 is 1.33 bits per heavy atom. The highest BCUT2D eigenvalue weighted by molar-refractivity contribution is 5.51. The van der Waals surface area contributed by atoms with Gasteiger partial charge in [-0.3, -0.25) is 0 Å². The summed E-state index contributed by atoms with van der Waals surface area (Å²) in [5, 5.41) is 0. The maximum Gasteiger partial charge on any atom is 0.127 e. The number of rotatable bonds is 10. The van der Waals surface area contributed by atoms with Crippen molar-refractivity contribution in [3.8, 4) is 5.75 Å². The van der Waals surface area contributed by atoms with Gasteiger partial charge in [-0.1, -0.05) is 106 Å². The Bertz CT molecular complexity index is 644. The van der Waals surface area contributed by atoms with Crippen LogP contribution in [0, 0.1) is 0 Å². The summed E-state index contributed by atoms with van der Waals surface area (Å²) in [6, 6.07) is 4.89. The third-order valence-corrected chi connectivity index (χ3v) is 6.98. The lowest BCUT2D eigenvalue weighted by atomic mass is 9.75. The number of hydrogen-bond donors (Lipinski definition) is 0. The lowest BCUT2D eigenvalue weighted by Crippen LogP contribution is -2.41. The number of hydrogen-bond acceptors (Lipinski definition) is 1. The predicted molar refractivity (Wildman–Crippen MR) is 133 cm³/mol. The molecule has 1 heteroatoms. The molecule has 1 nitrogen and oxygen atoms in total. The molecule has 0 atom stereocenters. The zero-order valence-corrected chi connectivity index (χ0v) is 21.5. The van der Waals surface area contributed by atoms with E-state index >= 15 is 0 Å². The molecule has 0 radical (unpaired) electrons. The van der Waals surface area contributed by atoms with Crippen LogP contribution in [0.25, 0.3) is 0 Å². The number of unbranched alkanes of at least 4 members (excludes halogenated alkanes) is 6. The van der Waals surface area contributed by atoms with Crippen LogP contribution in [0.2, 0.25) is 0 Å². The molecule has 0 fully saturated rings. The van der Waals surface area contributed by atoms with Crippen molar-refractivity contribution >= 4 is 0 Å². The van der Waals surface area contributed by atoms with Gasteiger partial charge in [-0.2, -0.15) is 0 Å². The van der Waals surface area contributed by atoms with Gasteiger partial charge in [0.2, 0.25) is 0 Å². The van der Waals surface area contributed by atoms with Gasteiger partial charge < -0.3 is 4.74 Å². The van der Waals surface area contributed by atoms with Crippen molar-refractivity contribution in [2.75, 3.05) is 0 Å². The van der Waals surface area contributed by atoms with Crippen molar-refractivity contribution in [1.29, 1.82) is 0 Å². The van der Waals surface area contributed by atoms with E-state index in [2.05, 4.69) is 67.5 Å². The summed E-state index contributed by atoms with van der Waals surface area (Å²) in [6.45, 7) is 18.6. The van der Waals surface area contributed by atoms with Crippen LogP contribution in [0.4, 0.5) is 0 Å². The normalized spacial score (nSPS) is 16.3.